The normalized spacial score (nSPS) is 25.1. The van der Waals surface area contributed by atoms with Gasteiger partial charge in [0.15, 0.2) is 27.9 Å². The van der Waals surface area contributed by atoms with Crippen LogP contribution in [0.1, 0.15) is 95.7 Å². The van der Waals surface area contributed by atoms with E-state index in [0.29, 0.717) is 38.5 Å². The first-order chi connectivity index (χ1) is 29.8. The number of aliphatic hydroxyl groups excluding tert-OH is 6. The van der Waals surface area contributed by atoms with E-state index in [-0.39, 0.29) is 58.4 Å². The van der Waals surface area contributed by atoms with Crippen LogP contribution in [0.25, 0.3) is 0 Å². The first kappa shape index (κ1) is 47.3. The molecule has 7 atom stereocenters. The molecule has 9 N–H and O–H groups in total. The van der Waals surface area contributed by atoms with E-state index in [9.17, 15) is 74.7 Å². The lowest BCUT2D eigenvalue weighted by Gasteiger charge is -2.71. The number of nitrogens with two attached hydrogens (primary N) is 1. The van der Waals surface area contributed by atoms with Gasteiger partial charge in [0.25, 0.3) is 5.91 Å². The molecule has 0 saturated heterocycles. The quantitative estimate of drug-likeness (QED) is 0.0488. The van der Waals surface area contributed by atoms with Crippen LogP contribution in [-0.2, 0) is 19.6 Å². The predicted molar refractivity (Wildman–Crippen MR) is 216 cm³/mol. The second kappa shape index (κ2) is 18.5. The van der Waals surface area contributed by atoms with Crippen LogP contribution in [0.5, 0.6) is 17.2 Å². The van der Waals surface area contributed by atoms with Gasteiger partial charge < -0.3 is 70.7 Å². The number of pyridine rings is 3. The van der Waals surface area contributed by atoms with Gasteiger partial charge in [-0.05, 0) is 96.8 Å². The summed E-state index contributed by atoms with van der Waals surface area (Å²) >= 11 is 0. The first-order valence-electron chi connectivity index (χ1n) is 20.9. The second-order valence-electron chi connectivity index (χ2n) is 18.3. The monoisotopic (exact) mass is 880 g/mol. The lowest BCUT2D eigenvalue weighted by atomic mass is 9.34. The molecule has 7 rings (SSSR count). The Kier molecular flexibility index (Phi) is 13.9. The summed E-state index contributed by atoms with van der Waals surface area (Å²) < 4.78 is 3.36. The number of nitrogens with zero attached hydrogens (tertiary/aromatic N) is 3. The van der Waals surface area contributed by atoms with Crippen molar-refractivity contribution in [3.63, 3.8) is 0 Å². The van der Waals surface area contributed by atoms with E-state index < -0.39 is 128 Å². The number of carbonyl (C=O) groups is 3. The lowest BCUT2D eigenvalue weighted by Crippen LogP contribution is -2.65. The fraction of sp³-hybridized carbons (Fsp3) is 0.581. The summed E-state index contributed by atoms with van der Waals surface area (Å²) in [7, 11) is 0. The Morgan fingerprint density at radius 2 is 0.921 bits per heavy atom. The van der Waals surface area contributed by atoms with E-state index in [1.165, 1.54) is 12.4 Å². The molecule has 0 spiro atoms. The van der Waals surface area contributed by atoms with Gasteiger partial charge in [-0.1, -0.05) is 0 Å². The van der Waals surface area contributed by atoms with Crippen molar-refractivity contribution in [1.82, 2.24) is 19.0 Å². The van der Waals surface area contributed by atoms with Crippen LogP contribution in [0.2, 0.25) is 0 Å². The molecule has 5 unspecified atom stereocenters. The Labute approximate surface area is 360 Å². The molecule has 4 aliphatic rings. The third-order valence-corrected chi connectivity index (χ3v) is 13.3. The van der Waals surface area contributed by atoms with Gasteiger partial charge in [-0.15, -0.1) is 0 Å². The number of rotatable bonds is 21. The molecule has 4 saturated carbocycles. The number of ketones is 2. The number of amides is 1. The van der Waals surface area contributed by atoms with Crippen molar-refractivity contribution in [3.05, 3.63) is 84.5 Å². The van der Waals surface area contributed by atoms with Crippen molar-refractivity contribution < 1.29 is 60.3 Å². The molecule has 1 amide bonds. The van der Waals surface area contributed by atoms with Crippen LogP contribution in [0.3, 0.4) is 0 Å². The zero-order chi connectivity index (χ0) is 46.1. The fourth-order valence-electron chi connectivity index (χ4n) is 11.6. The summed E-state index contributed by atoms with van der Waals surface area (Å²) in [5, 5.41) is 101. The molecule has 344 valence electrons. The lowest BCUT2D eigenvalue weighted by molar-refractivity contribution is -0.271. The minimum atomic E-state index is -1.36. The molecule has 63 heavy (non-hydrogen) atoms. The fourth-order valence-corrected chi connectivity index (χ4v) is 11.6. The van der Waals surface area contributed by atoms with E-state index in [2.05, 4.69) is 5.32 Å². The van der Waals surface area contributed by atoms with Crippen LogP contribution >= 0.6 is 0 Å². The average molecular weight is 881 g/mol. The van der Waals surface area contributed by atoms with Gasteiger partial charge in [-0.25, -0.2) is 0 Å². The van der Waals surface area contributed by atoms with Gasteiger partial charge in [0.2, 0.25) is 0 Å². The molecule has 4 fully saturated rings. The molecule has 3 heterocycles. The third-order valence-electron chi connectivity index (χ3n) is 13.3. The zero-order valence-corrected chi connectivity index (χ0v) is 34.7. The van der Waals surface area contributed by atoms with Crippen LogP contribution < -0.4 is 42.7 Å². The van der Waals surface area contributed by atoms with Gasteiger partial charge >= 0.3 is 0 Å². The molecule has 20 nitrogen and oxygen atoms in total. The molecule has 4 bridgehead atoms. The Bertz CT molecular complexity index is 2140. The van der Waals surface area contributed by atoms with Crippen LogP contribution in [0, 0.1) is 21.7 Å². The molecule has 3 aromatic rings. The molecule has 0 aromatic carbocycles. The summed E-state index contributed by atoms with van der Waals surface area (Å²) in [6, 6.07) is 2.88. The summed E-state index contributed by atoms with van der Waals surface area (Å²) in [4.78, 5) is 79.4. The van der Waals surface area contributed by atoms with Gasteiger partial charge in [-0.3, -0.25) is 28.8 Å². The topological polar surface area (TPSA) is 346 Å². The first-order valence-corrected chi connectivity index (χ1v) is 20.9. The highest BCUT2D eigenvalue weighted by atomic mass is 16.3. The molecular formula is C43H54N5O15-3. The molecule has 3 aromatic heterocycles. The largest absolute Gasteiger partial charge is 0.868 e. The van der Waals surface area contributed by atoms with Crippen molar-refractivity contribution in [2.24, 2.45) is 27.4 Å². The smallest absolute Gasteiger partial charge is 0.267 e. The van der Waals surface area contributed by atoms with Crippen LogP contribution in [-0.4, -0.2) is 113 Å². The summed E-state index contributed by atoms with van der Waals surface area (Å²) in [6.45, 7) is -2.99. The molecule has 0 radical (unpaired) electrons. The standard InChI is InChI=1S/C43H57N5O15/c44-23-42-18-40(6-1-28(55)33-36(60)30(57)3-8-46(33)11-25(52)14-49)17-41(19-42,7-2-29(56)34-37(61)31(58)4-9-47(34)12-26(53)15-50)21-43(20-40,22-42)24-45-39(63)35-38(62)32(59)5-10-48(35)13-27(54)16-51/h3-5,8-10,25-27,49-54,60-62H,1-2,6-7,11-24,44H2,(H,45,63)/p-3/t25?,26?,27?,40-,41+,42?,43?. The summed E-state index contributed by atoms with van der Waals surface area (Å²) in [6.07, 6.45) is 2.09. The Morgan fingerprint density at radius 1 is 0.587 bits per heavy atom. The number of Topliss-reactive ketones (excluding diaryl/α,β-unsaturated/α-hetero) is 2. The molecule has 0 aliphatic heterocycles. The number of carbonyl (C=O) groups excluding carboxylic acids is 3. The van der Waals surface area contributed by atoms with E-state index in [4.69, 9.17) is 5.73 Å². The Balaban J connectivity index is 1.36. The predicted octanol–water partition coefficient (Wildman–Crippen LogP) is -3.21. The zero-order valence-electron chi connectivity index (χ0n) is 34.7. The van der Waals surface area contributed by atoms with E-state index in [0.717, 1.165) is 38.1 Å². The maximum Gasteiger partial charge on any atom is 0.267 e. The Morgan fingerprint density at radius 3 is 1.30 bits per heavy atom. The number of hydrogen-bond donors (Lipinski definition) is 8. The van der Waals surface area contributed by atoms with Crippen molar-refractivity contribution in [2.45, 2.75) is 102 Å². The van der Waals surface area contributed by atoms with E-state index in [1.807, 2.05) is 0 Å². The minimum absolute atomic E-state index is 0.0615. The van der Waals surface area contributed by atoms with Crippen LogP contribution in [0.4, 0.5) is 0 Å². The SMILES string of the molecule is NCC12CC3(CNC(=O)c4c([O-])c(=O)ccn4CC(O)CO)C[C@](CCC(=O)c4c([O-])c(=O)ccn4CC(O)CO)(C1)C[C@](CCC(=O)c1c([O-])c(=O)ccn1CC(O)CO)(C2)C3. The van der Waals surface area contributed by atoms with Gasteiger partial charge in [0.1, 0.15) is 5.69 Å². The van der Waals surface area contributed by atoms with E-state index >= 15 is 0 Å². The van der Waals surface area contributed by atoms with Crippen molar-refractivity contribution >= 4 is 17.5 Å². The van der Waals surface area contributed by atoms with Crippen molar-refractivity contribution in [3.8, 4) is 17.2 Å². The maximum absolute atomic E-state index is 14.0. The van der Waals surface area contributed by atoms with Gasteiger partial charge in [-0.2, -0.15) is 0 Å². The second-order valence-corrected chi connectivity index (χ2v) is 18.3. The van der Waals surface area contributed by atoms with Gasteiger partial charge in [0.05, 0.1) is 69.2 Å². The van der Waals surface area contributed by atoms with Crippen LogP contribution in [0.15, 0.2) is 51.2 Å². The highest BCUT2D eigenvalue weighted by Gasteiger charge is 2.67. The third kappa shape index (κ3) is 9.66. The molecule has 4 aliphatic carbocycles. The van der Waals surface area contributed by atoms with Crippen molar-refractivity contribution in [2.75, 3.05) is 32.9 Å². The van der Waals surface area contributed by atoms with Gasteiger partial charge in [0, 0.05) is 56.2 Å². The summed E-state index contributed by atoms with van der Waals surface area (Å²) in [5.74, 6) is -5.55. The number of aromatic nitrogens is 3. The molecule has 20 heteroatoms. The molecular weight excluding hydrogens is 826 g/mol. The number of nitrogens with one attached hydrogen (secondary N) is 1. The minimum Gasteiger partial charge on any atom is -0.868 e. The van der Waals surface area contributed by atoms with E-state index in [1.54, 1.807) is 0 Å². The summed E-state index contributed by atoms with van der Waals surface area (Å²) in [5.41, 5.74) is -0.579. The maximum atomic E-state index is 14.0. The Hall–Kier alpha value is -5.22. The number of aliphatic hydroxyl groups is 6. The average Bonchev–Trinajstić information content (AvgIpc) is 3.24. The van der Waals surface area contributed by atoms with Crippen molar-refractivity contribution in [1.29, 1.82) is 0 Å². The highest BCUT2D eigenvalue weighted by Crippen LogP contribution is 2.75. The number of hydrogen-bond acceptors (Lipinski definition) is 16. The highest BCUT2D eigenvalue weighted by molar-refractivity contribution is 5.97.